The van der Waals surface area contributed by atoms with Crippen LogP contribution in [-0.2, 0) is 5.41 Å². The molecule has 0 fully saturated rings. The molecule has 0 aliphatic carbocycles. The summed E-state index contributed by atoms with van der Waals surface area (Å²) in [5, 5.41) is 10.0. The van der Waals surface area contributed by atoms with Gasteiger partial charge in [-0.2, -0.15) is 0 Å². The van der Waals surface area contributed by atoms with Crippen LogP contribution in [0.15, 0.2) is 24.3 Å². The highest BCUT2D eigenvalue weighted by atomic mass is 16.3. The SMILES string of the molecule is CCCCC(CC)CC(CN)(CO)c1ccccc1C. The summed E-state index contributed by atoms with van der Waals surface area (Å²) < 4.78 is 0. The largest absolute Gasteiger partial charge is 0.395 e. The lowest BCUT2D eigenvalue weighted by atomic mass is 9.71. The van der Waals surface area contributed by atoms with E-state index in [1.54, 1.807) is 0 Å². The Labute approximate surface area is 124 Å². The van der Waals surface area contributed by atoms with E-state index in [1.165, 1.54) is 30.4 Å². The Morgan fingerprint density at radius 1 is 1.25 bits per heavy atom. The van der Waals surface area contributed by atoms with E-state index >= 15 is 0 Å². The van der Waals surface area contributed by atoms with Gasteiger partial charge in [0.15, 0.2) is 0 Å². The van der Waals surface area contributed by atoms with E-state index in [4.69, 9.17) is 5.73 Å². The van der Waals surface area contributed by atoms with Crippen molar-refractivity contribution in [2.75, 3.05) is 13.2 Å². The van der Waals surface area contributed by atoms with Crippen molar-refractivity contribution in [3.05, 3.63) is 35.4 Å². The van der Waals surface area contributed by atoms with Gasteiger partial charge in [0, 0.05) is 12.0 Å². The third-order valence-electron chi connectivity index (χ3n) is 4.63. The number of unbranched alkanes of at least 4 members (excludes halogenated alkanes) is 1. The van der Waals surface area contributed by atoms with Gasteiger partial charge in [0.25, 0.3) is 0 Å². The van der Waals surface area contributed by atoms with Gasteiger partial charge in [0.1, 0.15) is 0 Å². The summed E-state index contributed by atoms with van der Waals surface area (Å²) in [5.41, 5.74) is 8.27. The molecular weight excluding hydrogens is 246 g/mol. The second-order valence-electron chi connectivity index (χ2n) is 6.08. The monoisotopic (exact) mass is 277 g/mol. The standard InChI is InChI=1S/C18H31NO/c1-4-6-10-16(5-2)12-18(13-19,14-20)17-11-8-7-9-15(17)3/h7-9,11,16,20H,4-6,10,12-14,19H2,1-3H3. The quantitative estimate of drug-likeness (QED) is 0.721. The maximum atomic E-state index is 10.0. The average Bonchev–Trinajstić information content (AvgIpc) is 2.49. The molecule has 0 saturated carbocycles. The van der Waals surface area contributed by atoms with Crippen LogP contribution in [0.3, 0.4) is 0 Å². The molecule has 0 aliphatic rings. The molecule has 2 heteroatoms. The van der Waals surface area contributed by atoms with Crippen LogP contribution in [0.2, 0.25) is 0 Å². The van der Waals surface area contributed by atoms with Crippen molar-refractivity contribution >= 4 is 0 Å². The minimum Gasteiger partial charge on any atom is -0.395 e. The molecule has 0 radical (unpaired) electrons. The lowest BCUT2D eigenvalue weighted by molar-refractivity contribution is 0.163. The summed E-state index contributed by atoms with van der Waals surface area (Å²) in [6.45, 7) is 7.24. The molecule has 0 spiro atoms. The summed E-state index contributed by atoms with van der Waals surface area (Å²) in [7, 11) is 0. The van der Waals surface area contributed by atoms with Gasteiger partial charge >= 0.3 is 0 Å². The number of hydrogen-bond acceptors (Lipinski definition) is 2. The number of aryl methyl sites for hydroxylation is 1. The summed E-state index contributed by atoms with van der Waals surface area (Å²) in [6, 6.07) is 8.34. The Morgan fingerprint density at radius 3 is 2.45 bits per heavy atom. The van der Waals surface area contributed by atoms with Crippen molar-refractivity contribution in [1.29, 1.82) is 0 Å². The second-order valence-corrected chi connectivity index (χ2v) is 6.08. The smallest absolute Gasteiger partial charge is 0.0540 e. The summed E-state index contributed by atoms with van der Waals surface area (Å²) in [5.74, 6) is 0.644. The van der Waals surface area contributed by atoms with Gasteiger partial charge in [-0.15, -0.1) is 0 Å². The predicted octanol–water partition coefficient (Wildman–Crippen LogP) is 3.79. The maximum Gasteiger partial charge on any atom is 0.0540 e. The molecule has 1 aromatic carbocycles. The Balaban J connectivity index is 2.99. The molecule has 0 heterocycles. The topological polar surface area (TPSA) is 46.2 Å². The van der Waals surface area contributed by atoms with Gasteiger partial charge in [0.2, 0.25) is 0 Å². The highest BCUT2D eigenvalue weighted by molar-refractivity contribution is 5.34. The number of benzene rings is 1. The van der Waals surface area contributed by atoms with Crippen LogP contribution in [0, 0.1) is 12.8 Å². The molecule has 0 amide bonds. The van der Waals surface area contributed by atoms with Gasteiger partial charge in [-0.1, -0.05) is 63.8 Å². The molecule has 3 N–H and O–H groups in total. The third kappa shape index (κ3) is 4.07. The van der Waals surface area contributed by atoms with Crippen molar-refractivity contribution in [1.82, 2.24) is 0 Å². The first-order valence-electron chi connectivity index (χ1n) is 8.00. The summed E-state index contributed by atoms with van der Waals surface area (Å²) in [4.78, 5) is 0. The van der Waals surface area contributed by atoms with Crippen LogP contribution in [0.1, 0.15) is 57.1 Å². The van der Waals surface area contributed by atoms with Crippen LogP contribution in [0.5, 0.6) is 0 Å². The number of aliphatic hydroxyl groups is 1. The van der Waals surface area contributed by atoms with Crippen molar-refractivity contribution < 1.29 is 5.11 Å². The summed E-state index contributed by atoms with van der Waals surface area (Å²) >= 11 is 0. The van der Waals surface area contributed by atoms with E-state index in [2.05, 4.69) is 39.0 Å². The van der Waals surface area contributed by atoms with E-state index in [0.717, 1.165) is 12.8 Å². The predicted molar refractivity (Wildman–Crippen MR) is 86.9 cm³/mol. The second kappa shape index (κ2) is 8.43. The molecule has 0 bridgehead atoms. The fraction of sp³-hybridized carbons (Fsp3) is 0.667. The molecule has 2 unspecified atom stereocenters. The first-order chi connectivity index (χ1) is 9.63. The maximum absolute atomic E-state index is 10.0. The fourth-order valence-electron chi connectivity index (χ4n) is 3.18. The Hall–Kier alpha value is -0.860. The first-order valence-corrected chi connectivity index (χ1v) is 8.00. The molecular formula is C18H31NO. The van der Waals surface area contributed by atoms with Crippen LogP contribution >= 0.6 is 0 Å². The van der Waals surface area contributed by atoms with Gasteiger partial charge in [-0.05, 0) is 30.4 Å². The highest BCUT2D eigenvalue weighted by Gasteiger charge is 2.33. The number of hydrogen-bond donors (Lipinski definition) is 2. The molecule has 1 rings (SSSR count). The third-order valence-corrected chi connectivity index (χ3v) is 4.63. The van der Waals surface area contributed by atoms with Gasteiger partial charge in [-0.25, -0.2) is 0 Å². The zero-order chi connectivity index (χ0) is 15.0. The molecule has 0 aromatic heterocycles. The summed E-state index contributed by atoms with van der Waals surface area (Å²) in [6.07, 6.45) is 5.88. The molecule has 2 atom stereocenters. The zero-order valence-corrected chi connectivity index (χ0v) is 13.4. The molecule has 0 aliphatic heterocycles. The minimum atomic E-state index is -0.278. The number of aliphatic hydroxyl groups excluding tert-OH is 1. The molecule has 1 aromatic rings. The number of nitrogens with two attached hydrogens (primary N) is 1. The van der Waals surface area contributed by atoms with Crippen molar-refractivity contribution in [2.45, 2.75) is 58.3 Å². The van der Waals surface area contributed by atoms with Gasteiger partial charge in [-0.3, -0.25) is 0 Å². The van der Waals surface area contributed by atoms with Gasteiger partial charge in [0.05, 0.1) is 6.61 Å². The molecule has 20 heavy (non-hydrogen) atoms. The normalized spacial score (nSPS) is 15.8. The van der Waals surface area contributed by atoms with Crippen LogP contribution in [0.25, 0.3) is 0 Å². The van der Waals surface area contributed by atoms with Crippen LogP contribution in [-0.4, -0.2) is 18.3 Å². The van der Waals surface area contributed by atoms with Crippen molar-refractivity contribution in [3.63, 3.8) is 0 Å². The van der Waals surface area contributed by atoms with E-state index < -0.39 is 0 Å². The Morgan fingerprint density at radius 2 is 1.95 bits per heavy atom. The van der Waals surface area contributed by atoms with Crippen LogP contribution in [0.4, 0.5) is 0 Å². The lowest BCUT2D eigenvalue weighted by Crippen LogP contribution is -2.41. The highest BCUT2D eigenvalue weighted by Crippen LogP contribution is 2.35. The molecule has 0 saturated heterocycles. The first kappa shape index (κ1) is 17.2. The van der Waals surface area contributed by atoms with Crippen molar-refractivity contribution in [2.24, 2.45) is 11.7 Å². The minimum absolute atomic E-state index is 0.136. The van der Waals surface area contributed by atoms with E-state index in [-0.39, 0.29) is 12.0 Å². The van der Waals surface area contributed by atoms with E-state index in [1.807, 2.05) is 6.07 Å². The Bertz CT molecular complexity index is 385. The van der Waals surface area contributed by atoms with E-state index in [0.29, 0.717) is 12.5 Å². The lowest BCUT2D eigenvalue weighted by Gasteiger charge is -2.36. The zero-order valence-electron chi connectivity index (χ0n) is 13.4. The fourth-order valence-corrected chi connectivity index (χ4v) is 3.18. The van der Waals surface area contributed by atoms with Crippen LogP contribution < -0.4 is 5.73 Å². The number of rotatable bonds is 9. The average molecular weight is 277 g/mol. The molecule has 2 nitrogen and oxygen atoms in total. The Kier molecular flexibility index (Phi) is 7.25. The van der Waals surface area contributed by atoms with Gasteiger partial charge < -0.3 is 10.8 Å². The van der Waals surface area contributed by atoms with E-state index in [9.17, 15) is 5.11 Å². The molecule has 114 valence electrons. The van der Waals surface area contributed by atoms with Crippen molar-refractivity contribution in [3.8, 4) is 0 Å².